The van der Waals surface area contributed by atoms with Gasteiger partial charge in [-0.2, -0.15) is 9.41 Å². The smallest absolute Gasteiger partial charge is 0.271 e. The molecule has 0 spiro atoms. The normalized spacial score (nSPS) is 15.6. The van der Waals surface area contributed by atoms with Crippen LogP contribution in [-0.4, -0.2) is 51.1 Å². The van der Waals surface area contributed by atoms with Crippen molar-refractivity contribution in [2.75, 3.05) is 26.3 Å². The van der Waals surface area contributed by atoms with Gasteiger partial charge in [0.05, 0.1) is 24.3 Å². The van der Waals surface area contributed by atoms with Crippen LogP contribution in [0.15, 0.2) is 52.5 Å². The molecule has 1 aliphatic rings. The molecular weight excluding hydrogens is 378 g/mol. The van der Waals surface area contributed by atoms with E-state index in [0.717, 1.165) is 16.7 Å². The highest BCUT2D eigenvalue weighted by molar-refractivity contribution is 7.89. The number of ether oxygens (including phenoxy) is 1. The lowest BCUT2D eigenvalue weighted by Crippen LogP contribution is -2.40. The molecule has 1 aliphatic heterocycles. The Kier molecular flexibility index (Phi) is 6.23. The van der Waals surface area contributed by atoms with Crippen LogP contribution in [-0.2, 0) is 14.8 Å². The van der Waals surface area contributed by atoms with Gasteiger partial charge < -0.3 is 4.74 Å². The monoisotopic (exact) mass is 401 g/mol. The van der Waals surface area contributed by atoms with Crippen molar-refractivity contribution >= 4 is 22.1 Å². The summed E-state index contributed by atoms with van der Waals surface area (Å²) < 4.78 is 32.0. The molecule has 0 radical (unpaired) electrons. The minimum atomic E-state index is -3.66. The fourth-order valence-electron chi connectivity index (χ4n) is 2.86. The number of nitrogens with zero attached hydrogens (tertiary/aromatic N) is 2. The molecule has 28 heavy (non-hydrogen) atoms. The van der Waals surface area contributed by atoms with Gasteiger partial charge in [0.15, 0.2) is 0 Å². The summed E-state index contributed by atoms with van der Waals surface area (Å²) in [4.78, 5) is 12.5. The zero-order chi connectivity index (χ0) is 20.1. The molecule has 1 heterocycles. The molecule has 0 atom stereocenters. The SMILES string of the molecule is Cc1ccc(C)c(/C=N/NC(=O)c2cccc(S(=O)(=O)N3CCOCC3)c2)c1. The van der Waals surface area contributed by atoms with Gasteiger partial charge in [-0.15, -0.1) is 0 Å². The third-order valence-electron chi connectivity index (χ3n) is 4.51. The van der Waals surface area contributed by atoms with Crippen molar-refractivity contribution in [2.24, 2.45) is 5.10 Å². The van der Waals surface area contributed by atoms with Crippen molar-refractivity contribution < 1.29 is 17.9 Å². The van der Waals surface area contributed by atoms with Crippen molar-refractivity contribution in [3.63, 3.8) is 0 Å². The number of benzene rings is 2. The first-order valence-corrected chi connectivity index (χ1v) is 10.4. The number of hydrogen-bond acceptors (Lipinski definition) is 5. The third-order valence-corrected chi connectivity index (χ3v) is 6.40. The average molecular weight is 401 g/mol. The van der Waals surface area contributed by atoms with Crippen LogP contribution in [0.3, 0.4) is 0 Å². The topological polar surface area (TPSA) is 88.1 Å². The number of sulfonamides is 1. The van der Waals surface area contributed by atoms with Gasteiger partial charge in [0, 0.05) is 18.7 Å². The molecule has 1 N–H and O–H groups in total. The average Bonchev–Trinajstić information content (AvgIpc) is 2.71. The standard InChI is InChI=1S/C20H23N3O4S/c1-15-6-7-16(2)18(12-15)14-21-22-20(24)17-4-3-5-19(13-17)28(25,26)23-8-10-27-11-9-23/h3-7,12-14H,8-11H2,1-2H3,(H,22,24)/b21-14+. The zero-order valence-corrected chi connectivity index (χ0v) is 16.7. The Morgan fingerprint density at radius 1 is 1.14 bits per heavy atom. The van der Waals surface area contributed by atoms with Crippen LogP contribution in [0.4, 0.5) is 0 Å². The molecule has 8 heteroatoms. The molecule has 0 aliphatic carbocycles. The van der Waals surface area contributed by atoms with E-state index in [4.69, 9.17) is 4.74 Å². The maximum atomic E-state index is 12.7. The molecule has 1 saturated heterocycles. The molecule has 0 saturated carbocycles. The summed E-state index contributed by atoms with van der Waals surface area (Å²) in [7, 11) is -3.66. The molecule has 3 rings (SSSR count). The summed E-state index contributed by atoms with van der Waals surface area (Å²) in [6.07, 6.45) is 1.58. The molecule has 0 bridgehead atoms. The van der Waals surface area contributed by atoms with Crippen molar-refractivity contribution in [1.29, 1.82) is 0 Å². The second-order valence-corrected chi connectivity index (χ2v) is 8.54. The van der Waals surface area contributed by atoms with Crippen LogP contribution in [0, 0.1) is 13.8 Å². The molecule has 1 amide bonds. The fraction of sp³-hybridized carbons (Fsp3) is 0.300. The summed E-state index contributed by atoms with van der Waals surface area (Å²) >= 11 is 0. The Balaban J connectivity index is 1.73. The number of aryl methyl sites for hydroxylation is 2. The lowest BCUT2D eigenvalue weighted by molar-refractivity contribution is 0.0730. The maximum Gasteiger partial charge on any atom is 0.271 e. The van der Waals surface area contributed by atoms with E-state index in [-0.39, 0.29) is 10.5 Å². The number of hydrogen-bond donors (Lipinski definition) is 1. The zero-order valence-electron chi connectivity index (χ0n) is 15.9. The summed E-state index contributed by atoms with van der Waals surface area (Å²) in [5.74, 6) is -0.472. The molecule has 2 aromatic carbocycles. The lowest BCUT2D eigenvalue weighted by atomic mass is 10.1. The first kappa shape index (κ1) is 20.2. The highest BCUT2D eigenvalue weighted by Crippen LogP contribution is 2.18. The molecule has 1 fully saturated rings. The van der Waals surface area contributed by atoms with Crippen LogP contribution in [0.25, 0.3) is 0 Å². The van der Waals surface area contributed by atoms with Crippen LogP contribution >= 0.6 is 0 Å². The minimum absolute atomic E-state index is 0.0839. The number of carbonyl (C=O) groups excluding carboxylic acids is 1. The lowest BCUT2D eigenvalue weighted by Gasteiger charge is -2.26. The molecular formula is C20H23N3O4S. The van der Waals surface area contributed by atoms with Crippen LogP contribution in [0.1, 0.15) is 27.0 Å². The first-order valence-electron chi connectivity index (χ1n) is 8.96. The maximum absolute atomic E-state index is 12.7. The van der Waals surface area contributed by atoms with Gasteiger partial charge >= 0.3 is 0 Å². The van der Waals surface area contributed by atoms with Crippen LogP contribution in [0.2, 0.25) is 0 Å². The predicted molar refractivity (Wildman–Crippen MR) is 107 cm³/mol. The first-order chi connectivity index (χ1) is 13.4. The highest BCUT2D eigenvalue weighted by Gasteiger charge is 2.26. The second kappa shape index (κ2) is 8.64. The number of hydrazone groups is 1. The van der Waals surface area contributed by atoms with E-state index in [0.29, 0.717) is 26.3 Å². The summed E-state index contributed by atoms with van der Waals surface area (Å²) in [5, 5.41) is 4.00. The van der Waals surface area contributed by atoms with Crippen LogP contribution < -0.4 is 5.43 Å². The van der Waals surface area contributed by atoms with Crippen molar-refractivity contribution in [3.05, 3.63) is 64.7 Å². The number of nitrogens with one attached hydrogen (secondary N) is 1. The van der Waals surface area contributed by atoms with E-state index in [9.17, 15) is 13.2 Å². The summed E-state index contributed by atoms with van der Waals surface area (Å²) in [6.45, 7) is 5.29. The number of amides is 1. The predicted octanol–water partition coefficient (Wildman–Crippen LogP) is 2.09. The Morgan fingerprint density at radius 3 is 2.64 bits per heavy atom. The van der Waals surface area contributed by atoms with Gasteiger partial charge in [0.25, 0.3) is 5.91 Å². The largest absolute Gasteiger partial charge is 0.379 e. The number of morpholine rings is 1. The second-order valence-electron chi connectivity index (χ2n) is 6.60. The van der Waals surface area contributed by atoms with Gasteiger partial charge in [-0.3, -0.25) is 4.79 Å². The van der Waals surface area contributed by atoms with Gasteiger partial charge in [-0.1, -0.05) is 29.8 Å². The fourth-order valence-corrected chi connectivity index (χ4v) is 4.31. The van der Waals surface area contributed by atoms with Gasteiger partial charge in [-0.25, -0.2) is 13.8 Å². The Labute approximate surface area is 165 Å². The van der Waals surface area contributed by atoms with E-state index in [2.05, 4.69) is 10.5 Å². The quantitative estimate of drug-likeness (QED) is 0.614. The van der Waals surface area contributed by atoms with Crippen molar-refractivity contribution in [2.45, 2.75) is 18.7 Å². The number of carbonyl (C=O) groups is 1. The summed E-state index contributed by atoms with van der Waals surface area (Å²) in [5.41, 5.74) is 5.73. The van der Waals surface area contributed by atoms with Gasteiger partial charge in [-0.05, 0) is 43.2 Å². The Morgan fingerprint density at radius 2 is 1.89 bits per heavy atom. The molecule has 2 aromatic rings. The Hall–Kier alpha value is -2.55. The minimum Gasteiger partial charge on any atom is -0.379 e. The van der Waals surface area contributed by atoms with E-state index >= 15 is 0 Å². The summed E-state index contributed by atoms with van der Waals surface area (Å²) in [6, 6.07) is 11.9. The van der Waals surface area contributed by atoms with E-state index in [1.807, 2.05) is 32.0 Å². The van der Waals surface area contributed by atoms with Crippen molar-refractivity contribution in [3.8, 4) is 0 Å². The molecule has 0 unspecified atom stereocenters. The van der Waals surface area contributed by atoms with Gasteiger partial charge in [0.2, 0.25) is 10.0 Å². The molecule has 148 valence electrons. The third kappa shape index (κ3) is 4.64. The van der Waals surface area contributed by atoms with E-state index in [1.165, 1.54) is 16.4 Å². The Bertz CT molecular complexity index is 996. The van der Waals surface area contributed by atoms with Crippen molar-refractivity contribution in [1.82, 2.24) is 9.73 Å². The van der Waals surface area contributed by atoms with E-state index in [1.54, 1.807) is 18.3 Å². The number of rotatable bonds is 5. The van der Waals surface area contributed by atoms with E-state index < -0.39 is 15.9 Å². The van der Waals surface area contributed by atoms with Crippen LogP contribution in [0.5, 0.6) is 0 Å². The molecule has 0 aromatic heterocycles. The highest BCUT2D eigenvalue weighted by atomic mass is 32.2. The molecule has 7 nitrogen and oxygen atoms in total. The van der Waals surface area contributed by atoms with Gasteiger partial charge in [0.1, 0.15) is 0 Å².